The molecular weight excluding hydrogens is 296 g/mol. The third kappa shape index (κ3) is 5.19. The molecule has 2 rings (SSSR count). The number of aromatic nitrogens is 2. The number of carboxylic acids is 1. The lowest BCUT2D eigenvalue weighted by Crippen LogP contribution is -2.41. The molecule has 1 aromatic heterocycles. The molecule has 1 aliphatic rings. The molecule has 23 heavy (non-hydrogen) atoms. The number of nitrogens with one attached hydrogen (secondary N) is 1. The lowest BCUT2D eigenvalue weighted by atomic mass is 9.96. The molecular formula is C16H24N4O3. The Morgan fingerprint density at radius 1 is 1.26 bits per heavy atom. The van der Waals surface area contributed by atoms with Crippen molar-refractivity contribution in [2.24, 2.45) is 5.92 Å². The first-order valence-corrected chi connectivity index (χ1v) is 8.02. The van der Waals surface area contributed by atoms with Gasteiger partial charge in [-0.25, -0.2) is 9.97 Å². The maximum absolute atomic E-state index is 12.1. The predicted octanol–water partition coefficient (Wildman–Crippen LogP) is 1.29. The van der Waals surface area contributed by atoms with Gasteiger partial charge in [0.15, 0.2) is 0 Å². The first-order chi connectivity index (χ1) is 11.0. The number of rotatable bonds is 6. The Balaban J connectivity index is 1.79. The van der Waals surface area contributed by atoms with E-state index in [0.717, 1.165) is 43.3 Å². The van der Waals surface area contributed by atoms with E-state index >= 15 is 0 Å². The summed E-state index contributed by atoms with van der Waals surface area (Å²) in [4.78, 5) is 33.6. The zero-order chi connectivity index (χ0) is 16.8. The van der Waals surface area contributed by atoms with Crippen LogP contribution in [0.3, 0.4) is 0 Å². The van der Waals surface area contributed by atoms with Crippen LogP contribution in [0.2, 0.25) is 0 Å². The van der Waals surface area contributed by atoms with Crippen LogP contribution in [-0.2, 0) is 9.59 Å². The molecule has 1 aliphatic heterocycles. The van der Waals surface area contributed by atoms with Crippen LogP contribution in [0.4, 0.5) is 5.95 Å². The Bertz CT molecular complexity index is 548. The minimum absolute atomic E-state index is 0.0121. The van der Waals surface area contributed by atoms with Gasteiger partial charge in [0.2, 0.25) is 11.9 Å². The number of carbonyl (C=O) groups is 2. The van der Waals surface area contributed by atoms with Crippen LogP contribution in [0, 0.1) is 19.8 Å². The average Bonchev–Trinajstić information content (AvgIpc) is 2.50. The maximum Gasteiger partial charge on any atom is 0.303 e. The first-order valence-electron chi connectivity index (χ1n) is 8.02. The summed E-state index contributed by atoms with van der Waals surface area (Å²) in [5.74, 6) is -0.0813. The fraction of sp³-hybridized carbons (Fsp3) is 0.625. The van der Waals surface area contributed by atoms with Gasteiger partial charge in [-0.3, -0.25) is 9.59 Å². The highest BCUT2D eigenvalue weighted by Gasteiger charge is 2.26. The van der Waals surface area contributed by atoms with E-state index in [1.807, 2.05) is 19.9 Å². The number of aliphatic carboxylic acids is 1. The summed E-state index contributed by atoms with van der Waals surface area (Å²) in [5, 5.41) is 11.4. The zero-order valence-electron chi connectivity index (χ0n) is 13.7. The van der Waals surface area contributed by atoms with Gasteiger partial charge in [0.1, 0.15) is 0 Å². The number of amides is 1. The highest BCUT2D eigenvalue weighted by Crippen LogP contribution is 2.21. The highest BCUT2D eigenvalue weighted by atomic mass is 16.4. The van der Waals surface area contributed by atoms with Crippen LogP contribution in [-0.4, -0.2) is 46.6 Å². The summed E-state index contributed by atoms with van der Waals surface area (Å²) in [5.41, 5.74) is 1.90. The van der Waals surface area contributed by atoms with E-state index < -0.39 is 5.97 Å². The van der Waals surface area contributed by atoms with Crippen molar-refractivity contribution < 1.29 is 14.7 Å². The van der Waals surface area contributed by atoms with Gasteiger partial charge in [0, 0.05) is 43.4 Å². The second-order valence-electron chi connectivity index (χ2n) is 6.00. The largest absolute Gasteiger partial charge is 0.481 e. The minimum Gasteiger partial charge on any atom is -0.481 e. The van der Waals surface area contributed by atoms with Gasteiger partial charge in [-0.15, -0.1) is 0 Å². The van der Waals surface area contributed by atoms with Gasteiger partial charge in [0.05, 0.1) is 0 Å². The molecule has 1 fully saturated rings. The Kier molecular flexibility index (Phi) is 5.90. The minimum atomic E-state index is -0.832. The lowest BCUT2D eigenvalue weighted by Gasteiger charge is -2.31. The number of anilines is 1. The van der Waals surface area contributed by atoms with Gasteiger partial charge >= 0.3 is 5.97 Å². The zero-order valence-corrected chi connectivity index (χ0v) is 13.7. The number of hydrogen-bond donors (Lipinski definition) is 2. The van der Waals surface area contributed by atoms with Crippen molar-refractivity contribution in [2.45, 2.75) is 39.5 Å². The molecule has 7 nitrogen and oxygen atoms in total. The van der Waals surface area contributed by atoms with Gasteiger partial charge in [0.25, 0.3) is 0 Å². The second-order valence-corrected chi connectivity index (χ2v) is 6.00. The van der Waals surface area contributed by atoms with Gasteiger partial charge in [-0.05, 0) is 39.2 Å². The fourth-order valence-electron chi connectivity index (χ4n) is 2.79. The van der Waals surface area contributed by atoms with Crippen LogP contribution in [0.25, 0.3) is 0 Å². The van der Waals surface area contributed by atoms with E-state index in [4.69, 9.17) is 5.11 Å². The molecule has 0 spiro atoms. The molecule has 0 aromatic carbocycles. The Labute approximate surface area is 136 Å². The first kappa shape index (κ1) is 17.2. The molecule has 1 aromatic rings. The number of aryl methyl sites for hydroxylation is 2. The standard InChI is InChI=1S/C16H24N4O3/c1-11-10-12(2)19-16(18-11)20-8-5-13(6-9-20)15(23)17-7-3-4-14(21)22/h10,13H,3-9H2,1-2H3,(H,17,23)(H,21,22). The number of nitrogens with zero attached hydrogens (tertiary/aromatic N) is 3. The van der Waals surface area contributed by atoms with Crippen LogP contribution >= 0.6 is 0 Å². The van der Waals surface area contributed by atoms with Crippen molar-refractivity contribution in [2.75, 3.05) is 24.5 Å². The molecule has 0 radical (unpaired) electrons. The Morgan fingerprint density at radius 3 is 2.43 bits per heavy atom. The molecule has 1 amide bonds. The third-order valence-electron chi connectivity index (χ3n) is 3.99. The summed E-state index contributed by atoms with van der Waals surface area (Å²) in [7, 11) is 0. The number of carbonyl (C=O) groups excluding carboxylic acids is 1. The lowest BCUT2D eigenvalue weighted by molar-refractivity contribution is -0.137. The number of carboxylic acid groups (broad SMARTS) is 1. The summed E-state index contributed by atoms with van der Waals surface area (Å²) in [6, 6.07) is 1.95. The van der Waals surface area contributed by atoms with Crippen molar-refractivity contribution in [3.05, 3.63) is 17.5 Å². The summed E-state index contributed by atoms with van der Waals surface area (Å²) in [6.07, 6.45) is 2.08. The van der Waals surface area contributed by atoms with Gasteiger partial charge in [-0.2, -0.15) is 0 Å². The van der Waals surface area contributed by atoms with Crippen LogP contribution < -0.4 is 10.2 Å². The van der Waals surface area contributed by atoms with E-state index in [1.165, 1.54) is 0 Å². The van der Waals surface area contributed by atoms with Crippen molar-refractivity contribution in [1.29, 1.82) is 0 Å². The molecule has 7 heteroatoms. The SMILES string of the molecule is Cc1cc(C)nc(N2CCC(C(=O)NCCCC(=O)O)CC2)n1. The van der Waals surface area contributed by atoms with Crippen molar-refractivity contribution in [3.8, 4) is 0 Å². The van der Waals surface area contributed by atoms with Gasteiger partial charge < -0.3 is 15.3 Å². The topological polar surface area (TPSA) is 95.4 Å². The summed E-state index contributed by atoms with van der Waals surface area (Å²) >= 11 is 0. The molecule has 126 valence electrons. The Morgan fingerprint density at radius 2 is 1.87 bits per heavy atom. The van der Waals surface area contributed by atoms with Crippen molar-refractivity contribution in [1.82, 2.24) is 15.3 Å². The van der Waals surface area contributed by atoms with E-state index in [0.29, 0.717) is 13.0 Å². The normalized spacial score (nSPS) is 15.5. The molecule has 2 heterocycles. The van der Waals surface area contributed by atoms with E-state index in [2.05, 4.69) is 20.2 Å². The van der Waals surface area contributed by atoms with Gasteiger partial charge in [-0.1, -0.05) is 0 Å². The maximum atomic E-state index is 12.1. The second kappa shape index (κ2) is 7.89. The third-order valence-corrected chi connectivity index (χ3v) is 3.99. The average molecular weight is 320 g/mol. The molecule has 2 N–H and O–H groups in total. The molecule has 0 aliphatic carbocycles. The van der Waals surface area contributed by atoms with Crippen LogP contribution in [0.1, 0.15) is 37.1 Å². The monoisotopic (exact) mass is 320 g/mol. The Hall–Kier alpha value is -2.18. The van der Waals surface area contributed by atoms with Crippen LogP contribution in [0.15, 0.2) is 6.07 Å². The highest BCUT2D eigenvalue weighted by molar-refractivity contribution is 5.79. The van der Waals surface area contributed by atoms with E-state index in [1.54, 1.807) is 0 Å². The summed E-state index contributed by atoms with van der Waals surface area (Å²) in [6.45, 7) is 5.85. The molecule has 0 saturated carbocycles. The molecule has 0 bridgehead atoms. The van der Waals surface area contributed by atoms with Crippen molar-refractivity contribution in [3.63, 3.8) is 0 Å². The van der Waals surface area contributed by atoms with Crippen LogP contribution in [0.5, 0.6) is 0 Å². The van der Waals surface area contributed by atoms with Crippen molar-refractivity contribution >= 4 is 17.8 Å². The number of hydrogen-bond acceptors (Lipinski definition) is 5. The fourth-order valence-corrected chi connectivity index (χ4v) is 2.79. The smallest absolute Gasteiger partial charge is 0.303 e. The number of piperidine rings is 1. The summed E-state index contributed by atoms with van der Waals surface area (Å²) < 4.78 is 0. The van der Waals surface area contributed by atoms with E-state index in [9.17, 15) is 9.59 Å². The quantitative estimate of drug-likeness (QED) is 0.767. The predicted molar refractivity (Wildman–Crippen MR) is 86.3 cm³/mol. The molecule has 0 unspecified atom stereocenters. The molecule has 0 atom stereocenters. The van der Waals surface area contributed by atoms with E-state index in [-0.39, 0.29) is 18.2 Å². The molecule has 1 saturated heterocycles.